The molecule has 0 aliphatic carbocycles. The largest absolute Gasteiger partial charge is 0.478 e. The number of H-pyrrole nitrogens is 1. The monoisotopic (exact) mass is 411 g/mol. The van der Waals surface area contributed by atoms with E-state index in [2.05, 4.69) is 25.5 Å². The Balaban J connectivity index is 1.49. The van der Waals surface area contributed by atoms with Crippen LogP contribution in [0.15, 0.2) is 57.7 Å². The predicted octanol–water partition coefficient (Wildman–Crippen LogP) is 3.51. The number of carboxylic acid groups (broad SMARTS) is 1. The molecule has 0 amide bonds. The first-order chi connectivity index (χ1) is 13.6. The number of thioether (sulfide) groups is 1. The van der Waals surface area contributed by atoms with Gasteiger partial charge in [0.2, 0.25) is 5.13 Å². The SMILES string of the molecule is O=C(O)c1ccc2c(=O)[nH]c(CSc3nnc(Nc4ccccc4)s3)nc2c1. The van der Waals surface area contributed by atoms with E-state index in [0.717, 1.165) is 10.0 Å². The highest BCUT2D eigenvalue weighted by Gasteiger charge is 2.10. The Morgan fingerprint density at radius 2 is 2.00 bits per heavy atom. The van der Waals surface area contributed by atoms with E-state index in [0.29, 0.717) is 27.6 Å². The Bertz CT molecular complexity index is 1210. The minimum Gasteiger partial charge on any atom is -0.478 e. The van der Waals surface area contributed by atoms with E-state index in [-0.39, 0.29) is 11.1 Å². The Kier molecular flexibility index (Phi) is 5.04. The molecule has 0 spiro atoms. The smallest absolute Gasteiger partial charge is 0.335 e. The van der Waals surface area contributed by atoms with Crippen LogP contribution in [0.5, 0.6) is 0 Å². The Hall–Kier alpha value is -3.24. The van der Waals surface area contributed by atoms with Crippen molar-refractivity contribution in [2.75, 3.05) is 5.32 Å². The first kappa shape index (κ1) is 18.1. The van der Waals surface area contributed by atoms with Gasteiger partial charge in [0.05, 0.1) is 22.2 Å². The lowest BCUT2D eigenvalue weighted by atomic mass is 10.1. The molecular weight excluding hydrogens is 398 g/mol. The molecule has 140 valence electrons. The fourth-order valence-corrected chi connectivity index (χ4v) is 4.13. The molecule has 0 saturated carbocycles. The van der Waals surface area contributed by atoms with Gasteiger partial charge in [0.15, 0.2) is 4.34 Å². The lowest BCUT2D eigenvalue weighted by Gasteiger charge is -2.03. The molecule has 2 aromatic heterocycles. The number of aromatic nitrogens is 4. The molecule has 0 aliphatic heterocycles. The number of hydrogen-bond acceptors (Lipinski definition) is 8. The lowest BCUT2D eigenvalue weighted by molar-refractivity contribution is 0.0697. The van der Waals surface area contributed by atoms with Gasteiger partial charge in [-0.15, -0.1) is 10.2 Å². The van der Waals surface area contributed by atoms with Gasteiger partial charge in [0.25, 0.3) is 5.56 Å². The molecule has 0 radical (unpaired) electrons. The minimum absolute atomic E-state index is 0.0879. The van der Waals surface area contributed by atoms with Crippen LogP contribution < -0.4 is 10.9 Å². The van der Waals surface area contributed by atoms with Crippen molar-refractivity contribution in [2.24, 2.45) is 0 Å². The molecule has 0 fully saturated rings. The van der Waals surface area contributed by atoms with E-state index >= 15 is 0 Å². The molecule has 8 nitrogen and oxygen atoms in total. The number of carboxylic acids is 1. The molecule has 3 N–H and O–H groups in total. The van der Waals surface area contributed by atoms with Crippen molar-refractivity contribution in [3.05, 3.63) is 70.3 Å². The molecule has 4 rings (SSSR count). The number of para-hydroxylation sites is 1. The van der Waals surface area contributed by atoms with Crippen LogP contribution in [0.3, 0.4) is 0 Å². The van der Waals surface area contributed by atoms with Gasteiger partial charge in [0.1, 0.15) is 5.82 Å². The second-order valence-corrected chi connectivity index (χ2v) is 7.90. The molecule has 0 bridgehead atoms. The maximum Gasteiger partial charge on any atom is 0.335 e. The van der Waals surface area contributed by atoms with Crippen molar-refractivity contribution in [3.8, 4) is 0 Å². The summed E-state index contributed by atoms with van der Waals surface area (Å²) >= 11 is 2.78. The van der Waals surface area contributed by atoms with Gasteiger partial charge in [-0.25, -0.2) is 9.78 Å². The highest BCUT2D eigenvalue weighted by Crippen LogP contribution is 2.29. The van der Waals surface area contributed by atoms with Gasteiger partial charge in [0, 0.05) is 5.69 Å². The van der Waals surface area contributed by atoms with E-state index < -0.39 is 5.97 Å². The van der Waals surface area contributed by atoms with Crippen molar-refractivity contribution in [1.29, 1.82) is 0 Å². The molecule has 0 unspecified atom stereocenters. The third kappa shape index (κ3) is 4.02. The van der Waals surface area contributed by atoms with Crippen molar-refractivity contribution < 1.29 is 9.90 Å². The Morgan fingerprint density at radius 1 is 1.18 bits per heavy atom. The number of rotatable bonds is 6. The number of carbonyl (C=O) groups is 1. The van der Waals surface area contributed by atoms with Crippen LogP contribution in [-0.4, -0.2) is 31.2 Å². The molecule has 0 saturated heterocycles. The van der Waals surface area contributed by atoms with Crippen LogP contribution in [0.25, 0.3) is 10.9 Å². The molecule has 10 heteroatoms. The van der Waals surface area contributed by atoms with E-state index in [4.69, 9.17) is 5.11 Å². The number of anilines is 2. The third-order valence-corrected chi connectivity index (χ3v) is 5.75. The number of hydrogen-bond donors (Lipinski definition) is 3. The van der Waals surface area contributed by atoms with Gasteiger partial charge in [-0.3, -0.25) is 4.79 Å². The summed E-state index contributed by atoms with van der Waals surface area (Å²) in [7, 11) is 0. The average molecular weight is 411 g/mol. The normalized spacial score (nSPS) is 10.9. The van der Waals surface area contributed by atoms with Gasteiger partial charge < -0.3 is 15.4 Å². The summed E-state index contributed by atoms with van der Waals surface area (Å²) in [6.45, 7) is 0. The quantitative estimate of drug-likeness (QED) is 0.412. The summed E-state index contributed by atoms with van der Waals surface area (Å²) in [5.74, 6) is -0.243. The minimum atomic E-state index is -1.06. The molecule has 0 atom stereocenters. The van der Waals surface area contributed by atoms with Gasteiger partial charge >= 0.3 is 5.97 Å². The fraction of sp³-hybridized carbons (Fsp3) is 0.0556. The van der Waals surface area contributed by atoms with Gasteiger partial charge in [-0.2, -0.15) is 0 Å². The molecule has 0 aliphatic rings. The van der Waals surface area contributed by atoms with Crippen LogP contribution in [-0.2, 0) is 5.75 Å². The van der Waals surface area contributed by atoms with E-state index in [9.17, 15) is 9.59 Å². The molecule has 4 aromatic rings. The second-order valence-electron chi connectivity index (χ2n) is 5.70. The number of fused-ring (bicyclic) bond motifs is 1. The lowest BCUT2D eigenvalue weighted by Crippen LogP contribution is -2.12. The van der Waals surface area contributed by atoms with Crippen molar-refractivity contribution in [1.82, 2.24) is 20.2 Å². The van der Waals surface area contributed by atoms with Crippen LogP contribution >= 0.6 is 23.1 Å². The maximum atomic E-state index is 12.2. The van der Waals surface area contributed by atoms with Crippen molar-refractivity contribution in [2.45, 2.75) is 10.1 Å². The first-order valence-electron chi connectivity index (χ1n) is 8.13. The van der Waals surface area contributed by atoms with Gasteiger partial charge in [-0.1, -0.05) is 41.3 Å². The van der Waals surface area contributed by atoms with E-state index in [1.807, 2.05) is 30.3 Å². The average Bonchev–Trinajstić information content (AvgIpc) is 3.14. The summed E-state index contributed by atoms with van der Waals surface area (Å²) in [5.41, 5.74) is 1.05. The fourth-order valence-electron chi connectivity index (χ4n) is 2.48. The summed E-state index contributed by atoms with van der Waals surface area (Å²) in [5, 5.41) is 21.5. The van der Waals surface area contributed by atoms with Crippen LogP contribution in [0.4, 0.5) is 10.8 Å². The zero-order valence-corrected chi connectivity index (χ0v) is 15.9. The highest BCUT2D eigenvalue weighted by molar-refractivity contribution is 8.00. The van der Waals surface area contributed by atoms with Crippen molar-refractivity contribution in [3.63, 3.8) is 0 Å². The standard InChI is InChI=1S/C18H13N5O3S2/c24-15-12-7-6-10(16(25)26)8-13(12)20-14(21-15)9-27-18-23-22-17(28-18)19-11-4-2-1-3-5-11/h1-8H,9H2,(H,19,22)(H,25,26)(H,20,21,24). The number of aromatic amines is 1. The zero-order chi connectivity index (χ0) is 19.5. The highest BCUT2D eigenvalue weighted by atomic mass is 32.2. The Morgan fingerprint density at radius 3 is 2.79 bits per heavy atom. The van der Waals surface area contributed by atoms with Crippen LogP contribution in [0.2, 0.25) is 0 Å². The molecular formula is C18H13N5O3S2. The molecule has 2 aromatic carbocycles. The number of aromatic carboxylic acids is 1. The Labute approximate surface area is 166 Å². The summed E-state index contributed by atoms with van der Waals surface area (Å²) in [6.07, 6.45) is 0. The van der Waals surface area contributed by atoms with Crippen LogP contribution in [0.1, 0.15) is 16.2 Å². The topological polar surface area (TPSA) is 121 Å². The summed E-state index contributed by atoms with van der Waals surface area (Å²) in [6, 6.07) is 13.9. The predicted molar refractivity (Wildman–Crippen MR) is 109 cm³/mol. The van der Waals surface area contributed by atoms with E-state index in [1.54, 1.807) is 0 Å². The second kappa shape index (κ2) is 7.79. The van der Waals surface area contributed by atoms with Crippen molar-refractivity contribution >= 4 is 50.8 Å². The number of nitrogens with one attached hydrogen (secondary N) is 2. The third-order valence-electron chi connectivity index (χ3n) is 3.77. The van der Waals surface area contributed by atoms with Gasteiger partial charge in [-0.05, 0) is 30.3 Å². The molecule has 28 heavy (non-hydrogen) atoms. The number of nitrogens with zero attached hydrogens (tertiary/aromatic N) is 3. The summed E-state index contributed by atoms with van der Waals surface area (Å²) in [4.78, 5) is 30.4. The zero-order valence-electron chi connectivity index (χ0n) is 14.2. The number of benzene rings is 2. The maximum absolute atomic E-state index is 12.2. The first-order valence-corrected chi connectivity index (χ1v) is 9.93. The summed E-state index contributed by atoms with van der Waals surface area (Å²) < 4.78 is 0.723. The molecule has 2 heterocycles. The van der Waals surface area contributed by atoms with E-state index in [1.165, 1.54) is 41.3 Å². The van der Waals surface area contributed by atoms with Crippen LogP contribution in [0, 0.1) is 0 Å².